The van der Waals surface area contributed by atoms with E-state index in [1.165, 1.54) is 26.3 Å². The molecule has 0 bridgehead atoms. The molecule has 0 aromatic heterocycles. The molecule has 0 heterocycles. The maximum Gasteiger partial charge on any atom is 0.343 e. The van der Waals surface area contributed by atoms with Crippen LogP contribution in [-0.2, 0) is 4.79 Å². The number of likely N-dealkylation sites (N-methyl/N-ethyl adjacent to an activating group) is 1. The van der Waals surface area contributed by atoms with E-state index in [0.29, 0.717) is 16.5 Å². The number of methoxy groups -OCH3 is 1. The van der Waals surface area contributed by atoms with Gasteiger partial charge in [0.2, 0.25) is 0 Å². The Kier molecular flexibility index (Phi) is 6.93. The number of carbonyl (C=O) groups excluding carboxylic acids is 2. The number of esters is 1. The molecule has 0 saturated carbocycles. The molecule has 0 fully saturated rings. The van der Waals surface area contributed by atoms with Crippen LogP contribution in [0.2, 0.25) is 5.02 Å². The topological polar surface area (TPSA) is 73.9 Å². The van der Waals surface area contributed by atoms with Crippen molar-refractivity contribution in [3.63, 3.8) is 0 Å². The number of amides is 1. The standard InChI is InChI=1S/C23H20ClNO5/c1-25-22(26)14-29-20-11-9-17(13-21(20)28-2)23(27)30-19-10-8-16(12-18(19)24)15-6-4-3-5-7-15/h3-13H,14H2,1-2H3,(H,25,26). The smallest absolute Gasteiger partial charge is 0.343 e. The third kappa shape index (κ3) is 5.10. The highest BCUT2D eigenvalue weighted by Crippen LogP contribution is 2.32. The lowest BCUT2D eigenvalue weighted by atomic mass is 10.1. The summed E-state index contributed by atoms with van der Waals surface area (Å²) < 4.78 is 16.1. The maximum atomic E-state index is 12.6. The number of hydrogen-bond acceptors (Lipinski definition) is 5. The predicted octanol–water partition coefficient (Wildman–Crippen LogP) is 4.36. The molecule has 1 N–H and O–H groups in total. The summed E-state index contributed by atoms with van der Waals surface area (Å²) in [5.41, 5.74) is 2.18. The van der Waals surface area contributed by atoms with E-state index in [9.17, 15) is 9.59 Å². The van der Waals surface area contributed by atoms with Gasteiger partial charge in [-0.25, -0.2) is 4.79 Å². The summed E-state index contributed by atoms with van der Waals surface area (Å²) in [5.74, 6) is 0.0108. The van der Waals surface area contributed by atoms with Crippen LogP contribution >= 0.6 is 11.6 Å². The van der Waals surface area contributed by atoms with Crippen molar-refractivity contribution in [1.29, 1.82) is 0 Å². The predicted molar refractivity (Wildman–Crippen MR) is 114 cm³/mol. The Morgan fingerprint density at radius 2 is 1.63 bits per heavy atom. The third-order valence-electron chi connectivity index (χ3n) is 4.28. The summed E-state index contributed by atoms with van der Waals surface area (Å²) in [6, 6.07) is 19.5. The lowest BCUT2D eigenvalue weighted by Crippen LogP contribution is -2.25. The zero-order valence-electron chi connectivity index (χ0n) is 16.5. The van der Waals surface area contributed by atoms with E-state index < -0.39 is 5.97 Å². The highest BCUT2D eigenvalue weighted by molar-refractivity contribution is 6.32. The van der Waals surface area contributed by atoms with Gasteiger partial charge < -0.3 is 19.5 Å². The molecule has 3 aromatic carbocycles. The largest absolute Gasteiger partial charge is 0.493 e. The van der Waals surface area contributed by atoms with Gasteiger partial charge in [0.25, 0.3) is 5.91 Å². The van der Waals surface area contributed by atoms with Crippen LogP contribution in [0.3, 0.4) is 0 Å². The normalized spacial score (nSPS) is 10.2. The van der Waals surface area contributed by atoms with Gasteiger partial charge in [0.15, 0.2) is 18.1 Å². The van der Waals surface area contributed by atoms with Gasteiger partial charge in [-0.3, -0.25) is 4.79 Å². The Balaban J connectivity index is 1.75. The van der Waals surface area contributed by atoms with E-state index in [4.69, 9.17) is 25.8 Å². The summed E-state index contributed by atoms with van der Waals surface area (Å²) in [6.07, 6.45) is 0. The molecule has 0 radical (unpaired) electrons. The Labute approximate surface area is 179 Å². The molecule has 0 unspecified atom stereocenters. The maximum absolute atomic E-state index is 12.6. The summed E-state index contributed by atoms with van der Waals surface area (Å²) in [6.45, 7) is -0.167. The lowest BCUT2D eigenvalue weighted by molar-refractivity contribution is -0.122. The van der Waals surface area contributed by atoms with E-state index in [-0.39, 0.29) is 23.8 Å². The van der Waals surface area contributed by atoms with E-state index in [1.807, 2.05) is 36.4 Å². The molecule has 0 aliphatic carbocycles. The first-order valence-electron chi connectivity index (χ1n) is 9.10. The fourth-order valence-electron chi connectivity index (χ4n) is 2.68. The van der Waals surface area contributed by atoms with Crippen molar-refractivity contribution in [2.24, 2.45) is 0 Å². The average Bonchev–Trinajstić information content (AvgIpc) is 2.79. The molecule has 3 rings (SSSR count). The number of nitrogens with one attached hydrogen (secondary N) is 1. The van der Waals surface area contributed by atoms with Crippen LogP contribution < -0.4 is 19.5 Å². The molecule has 6 nitrogen and oxygen atoms in total. The zero-order chi connectivity index (χ0) is 21.5. The molecule has 154 valence electrons. The van der Waals surface area contributed by atoms with E-state index in [2.05, 4.69) is 5.32 Å². The Morgan fingerprint density at radius 3 is 2.30 bits per heavy atom. The Bertz CT molecular complexity index is 1050. The summed E-state index contributed by atoms with van der Waals surface area (Å²) in [7, 11) is 2.95. The second-order valence-corrected chi connectivity index (χ2v) is 6.64. The molecule has 0 aliphatic rings. The quantitative estimate of drug-likeness (QED) is 0.449. The van der Waals surface area contributed by atoms with Crippen LogP contribution in [-0.4, -0.2) is 32.6 Å². The van der Waals surface area contributed by atoms with Gasteiger partial charge in [0, 0.05) is 7.05 Å². The van der Waals surface area contributed by atoms with Crippen molar-refractivity contribution in [2.75, 3.05) is 20.8 Å². The lowest BCUT2D eigenvalue weighted by Gasteiger charge is -2.12. The van der Waals surface area contributed by atoms with Crippen LogP contribution in [0.5, 0.6) is 17.2 Å². The Hall–Kier alpha value is -3.51. The van der Waals surface area contributed by atoms with Gasteiger partial charge in [-0.2, -0.15) is 0 Å². The van der Waals surface area contributed by atoms with Gasteiger partial charge in [0.1, 0.15) is 5.75 Å². The van der Waals surface area contributed by atoms with Crippen LogP contribution in [0.4, 0.5) is 0 Å². The van der Waals surface area contributed by atoms with Crippen LogP contribution in [0.25, 0.3) is 11.1 Å². The van der Waals surface area contributed by atoms with Crippen molar-refractivity contribution in [1.82, 2.24) is 5.32 Å². The van der Waals surface area contributed by atoms with Crippen molar-refractivity contribution in [3.05, 3.63) is 77.3 Å². The highest BCUT2D eigenvalue weighted by atomic mass is 35.5. The van der Waals surface area contributed by atoms with Crippen LogP contribution in [0, 0.1) is 0 Å². The van der Waals surface area contributed by atoms with Crippen LogP contribution in [0.15, 0.2) is 66.7 Å². The minimum atomic E-state index is -0.597. The van der Waals surface area contributed by atoms with E-state index >= 15 is 0 Å². The molecule has 7 heteroatoms. The average molecular weight is 426 g/mol. The van der Waals surface area contributed by atoms with Gasteiger partial charge >= 0.3 is 5.97 Å². The highest BCUT2D eigenvalue weighted by Gasteiger charge is 2.16. The fourth-order valence-corrected chi connectivity index (χ4v) is 2.90. The third-order valence-corrected chi connectivity index (χ3v) is 4.57. The summed E-state index contributed by atoms with van der Waals surface area (Å²) in [4.78, 5) is 23.9. The van der Waals surface area contributed by atoms with Crippen molar-refractivity contribution < 1.29 is 23.8 Å². The zero-order valence-corrected chi connectivity index (χ0v) is 17.2. The van der Waals surface area contributed by atoms with Gasteiger partial charge in [-0.1, -0.05) is 48.0 Å². The van der Waals surface area contributed by atoms with E-state index in [1.54, 1.807) is 18.2 Å². The number of rotatable bonds is 7. The van der Waals surface area contributed by atoms with Gasteiger partial charge in [0.05, 0.1) is 17.7 Å². The monoisotopic (exact) mass is 425 g/mol. The molecule has 0 atom stereocenters. The van der Waals surface area contributed by atoms with Gasteiger partial charge in [-0.05, 0) is 41.5 Å². The number of hydrogen-bond donors (Lipinski definition) is 1. The minimum absolute atomic E-state index is 0.167. The van der Waals surface area contributed by atoms with E-state index in [0.717, 1.165) is 11.1 Å². The molecule has 0 aliphatic heterocycles. The SMILES string of the molecule is CNC(=O)COc1ccc(C(=O)Oc2ccc(-c3ccccc3)cc2Cl)cc1OC. The van der Waals surface area contributed by atoms with Crippen molar-refractivity contribution in [3.8, 4) is 28.4 Å². The summed E-state index contributed by atoms with van der Waals surface area (Å²) >= 11 is 6.32. The molecule has 1 amide bonds. The number of halogens is 1. The summed E-state index contributed by atoms with van der Waals surface area (Å²) in [5, 5.41) is 2.78. The second-order valence-electron chi connectivity index (χ2n) is 6.23. The first-order chi connectivity index (χ1) is 14.5. The van der Waals surface area contributed by atoms with Crippen molar-refractivity contribution >= 4 is 23.5 Å². The minimum Gasteiger partial charge on any atom is -0.493 e. The second kappa shape index (κ2) is 9.80. The molecule has 3 aromatic rings. The first kappa shape index (κ1) is 21.2. The fraction of sp³-hybridized carbons (Fsp3) is 0.130. The van der Waals surface area contributed by atoms with Crippen molar-refractivity contribution in [2.45, 2.75) is 0 Å². The molecule has 0 spiro atoms. The number of ether oxygens (including phenoxy) is 3. The van der Waals surface area contributed by atoms with Crippen LogP contribution in [0.1, 0.15) is 10.4 Å². The molecular weight excluding hydrogens is 406 g/mol. The molecular formula is C23H20ClNO5. The number of benzene rings is 3. The first-order valence-corrected chi connectivity index (χ1v) is 9.48. The molecule has 30 heavy (non-hydrogen) atoms. The molecule has 0 saturated heterocycles. The number of carbonyl (C=O) groups is 2. The Morgan fingerprint density at radius 1 is 0.900 bits per heavy atom. The van der Waals surface area contributed by atoms with Gasteiger partial charge in [-0.15, -0.1) is 0 Å².